The molecule has 0 aliphatic heterocycles. The Bertz CT molecular complexity index is 2230. The molecule has 2 amide bonds. The second-order valence-corrected chi connectivity index (χ2v) is 22.9. The Hall–Kier alpha value is -5.23. The molecule has 0 saturated carbocycles. The second kappa shape index (κ2) is 20.4. The molecule has 5 aromatic rings. The summed E-state index contributed by atoms with van der Waals surface area (Å²) in [5.41, 5.74) is 4.96. The van der Waals surface area contributed by atoms with E-state index in [2.05, 4.69) is 85.5 Å². The van der Waals surface area contributed by atoms with Crippen molar-refractivity contribution in [2.75, 3.05) is 32.0 Å². The number of fused-ring (bicyclic) bond motifs is 1. The Morgan fingerprint density at radius 1 is 0.800 bits per heavy atom. The first kappa shape index (κ1) is 45.8. The summed E-state index contributed by atoms with van der Waals surface area (Å²) >= 11 is 0. The predicted octanol–water partition coefficient (Wildman–Crippen LogP) is 10.5. The lowest BCUT2D eigenvalue weighted by Gasteiger charge is -2.41. The molecule has 0 bridgehead atoms. The Morgan fingerprint density at radius 3 is 2.13 bits per heavy atom. The summed E-state index contributed by atoms with van der Waals surface area (Å²) in [6, 6.07) is 36.0. The average molecular weight is 833 g/mol. The van der Waals surface area contributed by atoms with Crippen molar-refractivity contribution in [2.45, 2.75) is 104 Å². The van der Waals surface area contributed by atoms with E-state index in [4.69, 9.17) is 13.9 Å². The number of rotatable bonds is 18. The number of anilines is 1. The van der Waals surface area contributed by atoms with Gasteiger partial charge in [-0.15, -0.1) is 0 Å². The first-order valence-corrected chi connectivity index (χ1v) is 23.9. The van der Waals surface area contributed by atoms with Crippen molar-refractivity contribution in [3.63, 3.8) is 0 Å². The first-order chi connectivity index (χ1) is 28.4. The number of carbonyl (C=O) groups is 2. The van der Waals surface area contributed by atoms with E-state index in [-0.39, 0.29) is 29.0 Å². The highest BCUT2D eigenvalue weighted by atomic mass is 28.4. The Morgan fingerprint density at radius 2 is 1.47 bits per heavy atom. The number of nitrogens with zero attached hydrogens (tertiary/aromatic N) is 2. The lowest BCUT2D eigenvalue weighted by molar-refractivity contribution is -0.116. The highest BCUT2D eigenvalue weighted by molar-refractivity contribution is 6.74. The number of H-pyrrole nitrogens is 1. The molecule has 60 heavy (non-hydrogen) atoms. The van der Waals surface area contributed by atoms with Crippen molar-refractivity contribution in [1.82, 2.24) is 14.8 Å². The number of aromatic nitrogens is 1. The largest absolute Gasteiger partial charge is 0.487 e. The Balaban J connectivity index is 1.37. The van der Waals surface area contributed by atoms with E-state index in [0.717, 1.165) is 40.7 Å². The summed E-state index contributed by atoms with van der Waals surface area (Å²) < 4.78 is 19.1. The van der Waals surface area contributed by atoms with Crippen molar-refractivity contribution >= 4 is 36.9 Å². The van der Waals surface area contributed by atoms with E-state index in [1.54, 1.807) is 13.1 Å². The van der Waals surface area contributed by atoms with E-state index in [9.17, 15) is 14.4 Å². The normalized spacial score (nSPS) is 12.6. The number of aromatic amines is 1. The van der Waals surface area contributed by atoms with E-state index in [1.165, 1.54) is 10.5 Å². The molecule has 0 radical (unpaired) electrons. The number of nitrogens with one attached hydrogen (secondary N) is 2. The minimum absolute atomic E-state index is 0.0444. The van der Waals surface area contributed by atoms with Crippen LogP contribution in [0, 0.1) is 0 Å². The third kappa shape index (κ3) is 13.7. The maximum absolute atomic E-state index is 13.0. The van der Waals surface area contributed by atoms with Gasteiger partial charge < -0.3 is 29.1 Å². The molecule has 320 valence electrons. The SMILES string of the molecule is CN(CCCC(=O)Nc1cccc(CCN(Cc2ccccc2)C[C@@H](O[Si](C)(C)C(C)(C)C)c2ccc(OCc3ccccc3)c3[nH]c(=O)ccc23)c1)C(=O)OC(C)(C)C. The van der Waals surface area contributed by atoms with E-state index >= 15 is 0 Å². The van der Waals surface area contributed by atoms with Gasteiger partial charge in [-0.3, -0.25) is 14.5 Å². The summed E-state index contributed by atoms with van der Waals surface area (Å²) in [6.45, 7) is 19.6. The number of pyridine rings is 1. The van der Waals surface area contributed by atoms with Crippen LogP contribution in [0.3, 0.4) is 0 Å². The average Bonchev–Trinajstić information content (AvgIpc) is 3.18. The smallest absolute Gasteiger partial charge is 0.410 e. The second-order valence-electron chi connectivity index (χ2n) is 18.1. The Labute approximate surface area is 357 Å². The third-order valence-corrected chi connectivity index (χ3v) is 15.4. The fraction of sp³-hybridized carbons (Fsp3) is 0.408. The quantitative estimate of drug-likeness (QED) is 0.0846. The van der Waals surface area contributed by atoms with Crippen molar-refractivity contribution in [2.24, 2.45) is 0 Å². The van der Waals surface area contributed by atoms with Gasteiger partial charge in [0.05, 0.1) is 11.6 Å². The lowest BCUT2D eigenvalue weighted by atomic mass is 10.0. The molecule has 0 unspecified atom stereocenters. The van der Waals surface area contributed by atoms with Gasteiger partial charge >= 0.3 is 6.09 Å². The van der Waals surface area contributed by atoms with Gasteiger partial charge in [0.1, 0.15) is 18.0 Å². The van der Waals surface area contributed by atoms with Gasteiger partial charge in [0.15, 0.2) is 8.32 Å². The molecule has 0 saturated heterocycles. The molecular formula is C49H64N4O6Si. The zero-order valence-electron chi connectivity index (χ0n) is 37.0. The van der Waals surface area contributed by atoms with Crippen LogP contribution in [0.15, 0.2) is 114 Å². The van der Waals surface area contributed by atoms with Crippen molar-refractivity contribution in [1.29, 1.82) is 0 Å². The van der Waals surface area contributed by atoms with Gasteiger partial charge in [0.25, 0.3) is 0 Å². The van der Waals surface area contributed by atoms with E-state index < -0.39 is 20.0 Å². The molecule has 1 atom stereocenters. The molecule has 0 aliphatic carbocycles. The summed E-state index contributed by atoms with van der Waals surface area (Å²) in [5.74, 6) is 0.508. The zero-order chi connectivity index (χ0) is 43.5. The van der Waals surface area contributed by atoms with Gasteiger partial charge in [-0.1, -0.05) is 99.6 Å². The summed E-state index contributed by atoms with van der Waals surface area (Å²) in [4.78, 5) is 45.1. The van der Waals surface area contributed by atoms with Crippen LogP contribution in [0.25, 0.3) is 10.9 Å². The summed E-state index contributed by atoms with van der Waals surface area (Å²) in [5, 5.41) is 3.90. The van der Waals surface area contributed by atoms with Gasteiger partial charge in [-0.2, -0.15) is 0 Å². The first-order valence-electron chi connectivity index (χ1n) is 21.0. The number of hydrogen-bond acceptors (Lipinski definition) is 7. The molecule has 11 heteroatoms. The molecule has 0 fully saturated rings. The molecular weight excluding hydrogens is 769 g/mol. The molecule has 1 heterocycles. The van der Waals surface area contributed by atoms with Gasteiger partial charge in [0.2, 0.25) is 11.5 Å². The molecule has 4 aromatic carbocycles. The lowest BCUT2D eigenvalue weighted by Crippen LogP contribution is -2.44. The maximum Gasteiger partial charge on any atom is 0.410 e. The zero-order valence-corrected chi connectivity index (χ0v) is 38.0. The van der Waals surface area contributed by atoms with Crippen LogP contribution in [0.4, 0.5) is 10.5 Å². The highest BCUT2D eigenvalue weighted by Crippen LogP contribution is 2.42. The molecule has 0 aliphatic rings. The minimum atomic E-state index is -2.32. The van der Waals surface area contributed by atoms with Crippen LogP contribution < -0.4 is 15.6 Å². The topological polar surface area (TPSA) is 113 Å². The molecule has 10 nitrogen and oxygen atoms in total. The van der Waals surface area contributed by atoms with Gasteiger partial charge in [0, 0.05) is 56.8 Å². The van der Waals surface area contributed by atoms with E-state index in [1.807, 2.05) is 87.5 Å². The predicted molar refractivity (Wildman–Crippen MR) is 245 cm³/mol. The highest BCUT2D eigenvalue weighted by Gasteiger charge is 2.40. The third-order valence-electron chi connectivity index (χ3n) is 10.9. The minimum Gasteiger partial charge on any atom is -0.487 e. The van der Waals surface area contributed by atoms with Crippen LogP contribution in [0.5, 0.6) is 5.75 Å². The van der Waals surface area contributed by atoms with Gasteiger partial charge in [-0.05, 0) is 98.3 Å². The molecule has 1 aromatic heterocycles. The maximum atomic E-state index is 13.0. The standard InChI is InChI=1S/C49H64N4O6Si/c1-48(2,3)58-47(56)52(7)30-17-24-44(54)50-39-23-16-22-36(32-39)29-31-53(33-37-18-12-10-13-19-37)34-43(59-60(8,9)49(4,5)6)40-25-27-42(46-41(40)26-28-45(55)51-46)57-35-38-20-14-11-15-21-38/h10-16,18-23,25-28,32,43H,17,24,29-31,33-35H2,1-9H3,(H,50,54)(H,51,55)/t43-/m1/s1. The van der Waals surface area contributed by atoms with Gasteiger partial charge in [-0.25, -0.2) is 4.79 Å². The van der Waals surface area contributed by atoms with Crippen LogP contribution in [-0.2, 0) is 33.5 Å². The number of amides is 2. The number of hydrogen-bond donors (Lipinski definition) is 2. The van der Waals surface area contributed by atoms with Crippen LogP contribution in [0.1, 0.15) is 82.7 Å². The van der Waals surface area contributed by atoms with Crippen molar-refractivity contribution in [3.8, 4) is 5.75 Å². The van der Waals surface area contributed by atoms with Crippen LogP contribution in [0.2, 0.25) is 18.1 Å². The number of ether oxygens (including phenoxy) is 2. The number of benzene rings is 4. The monoisotopic (exact) mass is 832 g/mol. The fourth-order valence-corrected chi connectivity index (χ4v) is 7.92. The van der Waals surface area contributed by atoms with Crippen LogP contribution in [-0.4, -0.2) is 67.4 Å². The molecule has 5 rings (SSSR count). The summed E-state index contributed by atoms with van der Waals surface area (Å²) in [7, 11) is -0.636. The van der Waals surface area contributed by atoms with Crippen LogP contribution >= 0.6 is 0 Å². The summed E-state index contributed by atoms with van der Waals surface area (Å²) in [6.07, 6.45) is 0.820. The van der Waals surface area contributed by atoms with Crippen molar-refractivity contribution < 1.29 is 23.5 Å². The Kier molecular flexibility index (Phi) is 15.5. The molecule has 0 spiro atoms. The van der Waals surface area contributed by atoms with Crippen molar-refractivity contribution in [3.05, 3.63) is 142 Å². The van der Waals surface area contributed by atoms with E-state index in [0.29, 0.717) is 43.9 Å². The molecule has 2 N–H and O–H groups in total. The fourth-order valence-electron chi connectivity index (χ4n) is 6.65. The number of carbonyl (C=O) groups excluding carboxylic acids is 2.